The van der Waals surface area contributed by atoms with Gasteiger partial charge in [-0.15, -0.1) is 0 Å². The Morgan fingerprint density at radius 1 is 1.10 bits per heavy atom. The summed E-state index contributed by atoms with van der Waals surface area (Å²) in [6.07, 6.45) is 1.71. The fourth-order valence-corrected chi connectivity index (χ4v) is 1.99. The number of hydrogen-bond donors (Lipinski definition) is 1. The number of carbonyl (C=O) groups is 1. The highest BCUT2D eigenvalue weighted by atomic mass is 16.3. The van der Waals surface area contributed by atoms with E-state index in [1.165, 1.54) is 0 Å². The molecule has 4 heteroatoms. The van der Waals surface area contributed by atoms with Crippen LogP contribution in [0.15, 0.2) is 47.0 Å². The molecule has 0 fully saturated rings. The number of carbonyl (C=O) groups excluding carboxylic acids is 1. The van der Waals surface area contributed by atoms with Crippen molar-refractivity contribution in [3.8, 4) is 0 Å². The van der Waals surface area contributed by atoms with Gasteiger partial charge in [0.25, 0.3) is 5.91 Å². The number of anilines is 1. The van der Waals surface area contributed by atoms with Crippen molar-refractivity contribution in [2.75, 3.05) is 5.32 Å². The second kappa shape index (κ2) is 4.81. The predicted octanol–water partition coefficient (Wildman–Crippen LogP) is 3.70. The maximum absolute atomic E-state index is 12.1. The third-order valence-corrected chi connectivity index (χ3v) is 3.05. The quantitative estimate of drug-likeness (QED) is 0.769. The van der Waals surface area contributed by atoms with Gasteiger partial charge in [0.2, 0.25) is 0 Å². The van der Waals surface area contributed by atoms with Gasteiger partial charge in [-0.05, 0) is 43.7 Å². The number of aryl methyl sites for hydroxylation is 2. The Balaban J connectivity index is 1.86. The topological polar surface area (TPSA) is 55.1 Å². The summed E-state index contributed by atoms with van der Waals surface area (Å²) >= 11 is 0. The van der Waals surface area contributed by atoms with Gasteiger partial charge in [-0.25, -0.2) is 4.98 Å². The Bertz CT molecular complexity index is 773. The van der Waals surface area contributed by atoms with E-state index in [1.54, 1.807) is 18.3 Å². The molecule has 0 aliphatic rings. The Hall–Kier alpha value is -2.62. The van der Waals surface area contributed by atoms with Crippen molar-refractivity contribution >= 4 is 22.7 Å². The molecule has 20 heavy (non-hydrogen) atoms. The summed E-state index contributed by atoms with van der Waals surface area (Å²) in [4.78, 5) is 16.2. The molecule has 2 aromatic heterocycles. The molecule has 4 nitrogen and oxygen atoms in total. The van der Waals surface area contributed by atoms with Crippen LogP contribution in [0.4, 0.5) is 5.82 Å². The molecule has 0 aliphatic carbocycles. The zero-order valence-corrected chi connectivity index (χ0v) is 11.3. The molecule has 3 rings (SSSR count). The van der Waals surface area contributed by atoms with Crippen molar-refractivity contribution in [2.45, 2.75) is 13.8 Å². The molecule has 0 atom stereocenters. The lowest BCUT2D eigenvalue weighted by Gasteiger charge is -2.01. The molecule has 0 unspecified atom stereocenters. The van der Waals surface area contributed by atoms with E-state index in [-0.39, 0.29) is 11.7 Å². The average Bonchev–Trinajstić information content (AvgIpc) is 2.84. The fraction of sp³-hybridized carbons (Fsp3) is 0.125. The number of rotatable bonds is 2. The van der Waals surface area contributed by atoms with Crippen molar-refractivity contribution in [1.29, 1.82) is 0 Å². The van der Waals surface area contributed by atoms with E-state index in [0.29, 0.717) is 11.4 Å². The van der Waals surface area contributed by atoms with E-state index < -0.39 is 0 Å². The number of furan rings is 1. The van der Waals surface area contributed by atoms with Gasteiger partial charge in [0.05, 0.1) is 0 Å². The molecular formula is C16H14N2O2. The number of fused-ring (bicyclic) bond motifs is 1. The highest BCUT2D eigenvalue weighted by Gasteiger charge is 2.12. The summed E-state index contributed by atoms with van der Waals surface area (Å²) in [6, 6.07) is 11.2. The lowest BCUT2D eigenvalue weighted by Crippen LogP contribution is -2.11. The lowest BCUT2D eigenvalue weighted by atomic mass is 10.2. The minimum Gasteiger partial charge on any atom is -0.451 e. The molecule has 0 spiro atoms. The minimum atomic E-state index is -0.296. The number of amides is 1. The molecule has 1 N–H and O–H groups in total. The molecule has 0 bridgehead atoms. The minimum absolute atomic E-state index is 0.285. The van der Waals surface area contributed by atoms with Gasteiger partial charge in [0.15, 0.2) is 5.76 Å². The molecule has 0 radical (unpaired) electrons. The zero-order chi connectivity index (χ0) is 14.1. The van der Waals surface area contributed by atoms with Crippen molar-refractivity contribution < 1.29 is 9.21 Å². The lowest BCUT2D eigenvalue weighted by molar-refractivity contribution is 0.0998. The molecule has 1 amide bonds. The molecule has 0 saturated heterocycles. The normalized spacial score (nSPS) is 10.7. The standard InChI is InChI=1S/C16H14N2O2/c1-10-3-5-13-12(7-10)8-14(20-13)16(19)18-15-6-4-11(2)9-17-15/h3-9H,1-2H3,(H,17,18,19). The van der Waals surface area contributed by atoms with Gasteiger partial charge in [0.1, 0.15) is 11.4 Å². The first-order valence-electron chi connectivity index (χ1n) is 6.36. The number of hydrogen-bond acceptors (Lipinski definition) is 3. The van der Waals surface area contributed by atoms with Crippen LogP contribution in [0.2, 0.25) is 0 Å². The van der Waals surface area contributed by atoms with Crippen LogP contribution in [0.1, 0.15) is 21.7 Å². The van der Waals surface area contributed by atoms with E-state index in [1.807, 2.05) is 38.1 Å². The van der Waals surface area contributed by atoms with E-state index in [2.05, 4.69) is 10.3 Å². The second-order valence-electron chi connectivity index (χ2n) is 4.83. The summed E-state index contributed by atoms with van der Waals surface area (Å²) in [5.74, 6) is 0.500. The van der Waals surface area contributed by atoms with Crippen LogP contribution in [-0.2, 0) is 0 Å². The number of benzene rings is 1. The van der Waals surface area contributed by atoms with Gasteiger partial charge >= 0.3 is 0 Å². The van der Waals surface area contributed by atoms with Crippen LogP contribution in [0.5, 0.6) is 0 Å². The molecule has 2 heterocycles. The Kier molecular flexibility index (Phi) is 2.99. The van der Waals surface area contributed by atoms with Crippen LogP contribution in [0.3, 0.4) is 0 Å². The van der Waals surface area contributed by atoms with Crippen molar-refractivity contribution in [2.24, 2.45) is 0 Å². The van der Waals surface area contributed by atoms with Crippen molar-refractivity contribution in [1.82, 2.24) is 4.98 Å². The molecule has 1 aromatic carbocycles. The predicted molar refractivity (Wildman–Crippen MR) is 77.9 cm³/mol. The smallest absolute Gasteiger partial charge is 0.292 e. The molecule has 100 valence electrons. The van der Waals surface area contributed by atoms with Crippen LogP contribution in [-0.4, -0.2) is 10.9 Å². The van der Waals surface area contributed by atoms with Crippen LogP contribution < -0.4 is 5.32 Å². The maximum atomic E-state index is 12.1. The van der Waals surface area contributed by atoms with Gasteiger partial charge in [0, 0.05) is 11.6 Å². The van der Waals surface area contributed by atoms with Gasteiger partial charge in [-0.2, -0.15) is 0 Å². The Morgan fingerprint density at radius 3 is 2.65 bits per heavy atom. The summed E-state index contributed by atoms with van der Waals surface area (Å²) in [5, 5.41) is 3.64. The van der Waals surface area contributed by atoms with Crippen LogP contribution in [0.25, 0.3) is 11.0 Å². The second-order valence-corrected chi connectivity index (χ2v) is 4.83. The molecule has 0 saturated carbocycles. The molecule has 3 aromatic rings. The SMILES string of the molecule is Cc1ccc(NC(=O)c2cc3cc(C)ccc3o2)nc1. The number of nitrogens with one attached hydrogen (secondary N) is 1. The number of aromatic nitrogens is 1. The van der Waals surface area contributed by atoms with Gasteiger partial charge in [-0.3, -0.25) is 4.79 Å². The zero-order valence-electron chi connectivity index (χ0n) is 11.3. The molecular weight excluding hydrogens is 252 g/mol. The number of pyridine rings is 1. The first-order chi connectivity index (χ1) is 9.61. The fourth-order valence-electron chi connectivity index (χ4n) is 1.99. The highest BCUT2D eigenvalue weighted by molar-refractivity contribution is 6.04. The highest BCUT2D eigenvalue weighted by Crippen LogP contribution is 2.21. The van der Waals surface area contributed by atoms with E-state index in [9.17, 15) is 4.79 Å². The Labute approximate surface area is 116 Å². The first kappa shape index (κ1) is 12.4. The summed E-state index contributed by atoms with van der Waals surface area (Å²) in [6.45, 7) is 3.95. The van der Waals surface area contributed by atoms with E-state index in [4.69, 9.17) is 4.42 Å². The summed E-state index contributed by atoms with van der Waals surface area (Å²) in [5.41, 5.74) is 2.88. The van der Waals surface area contributed by atoms with Crippen molar-refractivity contribution in [3.63, 3.8) is 0 Å². The maximum Gasteiger partial charge on any atom is 0.292 e. The summed E-state index contributed by atoms with van der Waals surface area (Å²) < 4.78 is 5.54. The monoisotopic (exact) mass is 266 g/mol. The largest absolute Gasteiger partial charge is 0.451 e. The van der Waals surface area contributed by atoms with E-state index in [0.717, 1.165) is 16.5 Å². The van der Waals surface area contributed by atoms with Crippen molar-refractivity contribution in [3.05, 3.63) is 59.5 Å². The number of nitrogens with zero attached hydrogens (tertiary/aromatic N) is 1. The van der Waals surface area contributed by atoms with Gasteiger partial charge < -0.3 is 9.73 Å². The van der Waals surface area contributed by atoms with E-state index >= 15 is 0 Å². The first-order valence-corrected chi connectivity index (χ1v) is 6.36. The average molecular weight is 266 g/mol. The Morgan fingerprint density at radius 2 is 1.90 bits per heavy atom. The molecule has 0 aliphatic heterocycles. The van der Waals surface area contributed by atoms with Gasteiger partial charge in [-0.1, -0.05) is 17.7 Å². The van der Waals surface area contributed by atoms with Crippen LogP contribution in [0, 0.1) is 13.8 Å². The summed E-state index contributed by atoms with van der Waals surface area (Å²) in [7, 11) is 0. The third-order valence-electron chi connectivity index (χ3n) is 3.05. The third kappa shape index (κ3) is 2.40. The van der Waals surface area contributed by atoms with Crippen LogP contribution >= 0.6 is 0 Å².